The molecular formula is C17H35NO2. The molecule has 20 heavy (non-hydrogen) atoms. The molecule has 0 fully saturated rings. The molecule has 0 spiro atoms. The lowest BCUT2D eigenvalue weighted by Crippen LogP contribution is -2.19. The molecule has 0 rings (SSSR count). The van der Waals surface area contributed by atoms with Gasteiger partial charge < -0.3 is 10.5 Å². The zero-order chi connectivity index (χ0) is 15.1. The summed E-state index contributed by atoms with van der Waals surface area (Å²) in [7, 11) is 0. The summed E-state index contributed by atoms with van der Waals surface area (Å²) in [5, 5.41) is 0. The molecule has 3 heteroatoms. The zero-order valence-electron chi connectivity index (χ0n) is 13.7. The molecule has 3 nitrogen and oxygen atoms in total. The third-order valence-corrected chi connectivity index (χ3v) is 3.89. The van der Waals surface area contributed by atoms with Gasteiger partial charge in [0.05, 0.1) is 6.61 Å². The minimum absolute atomic E-state index is 0.505. The fourth-order valence-electron chi connectivity index (χ4n) is 2.58. The Morgan fingerprint density at radius 1 is 0.850 bits per heavy atom. The van der Waals surface area contributed by atoms with Gasteiger partial charge >= 0.3 is 6.09 Å². The Labute approximate surface area is 125 Å². The Morgan fingerprint density at radius 3 is 1.80 bits per heavy atom. The lowest BCUT2D eigenvalue weighted by atomic mass is 9.95. The molecule has 0 aromatic rings. The number of primary amides is 1. The van der Waals surface area contributed by atoms with E-state index in [4.69, 9.17) is 10.5 Å². The molecule has 0 saturated carbocycles. The molecule has 0 saturated heterocycles. The van der Waals surface area contributed by atoms with Crippen molar-refractivity contribution < 1.29 is 9.53 Å². The first-order valence-electron chi connectivity index (χ1n) is 8.62. The third-order valence-electron chi connectivity index (χ3n) is 3.89. The van der Waals surface area contributed by atoms with E-state index in [0.29, 0.717) is 12.5 Å². The van der Waals surface area contributed by atoms with E-state index in [0.717, 1.165) is 0 Å². The van der Waals surface area contributed by atoms with Crippen molar-refractivity contribution in [1.82, 2.24) is 0 Å². The molecule has 1 atom stereocenters. The SMILES string of the molecule is CCCCCCCCC(CCCCCC)COC(N)=O. The highest BCUT2D eigenvalue weighted by Gasteiger charge is 2.10. The van der Waals surface area contributed by atoms with Gasteiger partial charge in [-0.15, -0.1) is 0 Å². The van der Waals surface area contributed by atoms with E-state index in [9.17, 15) is 4.79 Å². The van der Waals surface area contributed by atoms with Gasteiger partial charge in [-0.1, -0.05) is 78.1 Å². The van der Waals surface area contributed by atoms with Crippen molar-refractivity contribution in [2.45, 2.75) is 90.9 Å². The summed E-state index contributed by atoms with van der Waals surface area (Å²) in [5.41, 5.74) is 5.07. The van der Waals surface area contributed by atoms with Gasteiger partial charge in [-0.2, -0.15) is 0 Å². The Kier molecular flexibility index (Phi) is 14.1. The van der Waals surface area contributed by atoms with Crippen molar-refractivity contribution in [1.29, 1.82) is 0 Å². The quantitative estimate of drug-likeness (QED) is 0.433. The van der Waals surface area contributed by atoms with Gasteiger partial charge in [0, 0.05) is 0 Å². The highest BCUT2D eigenvalue weighted by Crippen LogP contribution is 2.19. The molecule has 0 aliphatic heterocycles. The number of rotatable bonds is 14. The first kappa shape index (κ1) is 19.3. The van der Waals surface area contributed by atoms with Crippen LogP contribution in [0.4, 0.5) is 4.79 Å². The van der Waals surface area contributed by atoms with Crippen LogP contribution in [0.1, 0.15) is 90.9 Å². The van der Waals surface area contributed by atoms with Crippen molar-refractivity contribution in [2.75, 3.05) is 6.61 Å². The summed E-state index contributed by atoms with van der Waals surface area (Å²) in [6, 6.07) is 0. The van der Waals surface area contributed by atoms with Crippen LogP contribution in [-0.4, -0.2) is 12.7 Å². The predicted octanol–water partition coefficient (Wildman–Crippen LogP) is 5.42. The molecule has 0 aliphatic carbocycles. The minimum atomic E-state index is -0.633. The highest BCUT2D eigenvalue weighted by molar-refractivity contribution is 5.64. The van der Waals surface area contributed by atoms with Crippen LogP contribution in [0.25, 0.3) is 0 Å². The maximum Gasteiger partial charge on any atom is 0.404 e. The minimum Gasteiger partial charge on any atom is -0.449 e. The van der Waals surface area contributed by atoms with Gasteiger partial charge in [-0.3, -0.25) is 0 Å². The van der Waals surface area contributed by atoms with Crippen LogP contribution in [0.15, 0.2) is 0 Å². The van der Waals surface area contributed by atoms with Crippen molar-refractivity contribution in [2.24, 2.45) is 11.7 Å². The molecule has 1 amide bonds. The molecule has 120 valence electrons. The third kappa shape index (κ3) is 13.7. The monoisotopic (exact) mass is 285 g/mol. The normalized spacial score (nSPS) is 12.3. The molecule has 0 bridgehead atoms. The summed E-state index contributed by atoms with van der Waals surface area (Å²) in [5.74, 6) is 0.505. The van der Waals surface area contributed by atoms with E-state index in [2.05, 4.69) is 13.8 Å². The molecule has 2 N–H and O–H groups in total. The van der Waals surface area contributed by atoms with Crippen LogP contribution in [0.5, 0.6) is 0 Å². The molecule has 0 aliphatic rings. The van der Waals surface area contributed by atoms with Crippen LogP contribution in [-0.2, 0) is 4.74 Å². The summed E-state index contributed by atoms with van der Waals surface area (Å²) < 4.78 is 5.00. The van der Waals surface area contributed by atoms with Gasteiger partial charge in [0.2, 0.25) is 0 Å². The van der Waals surface area contributed by atoms with Crippen LogP contribution < -0.4 is 5.73 Å². The largest absolute Gasteiger partial charge is 0.449 e. The number of hydrogen-bond acceptors (Lipinski definition) is 2. The van der Waals surface area contributed by atoms with Crippen LogP contribution >= 0.6 is 0 Å². The summed E-state index contributed by atoms with van der Waals surface area (Å²) >= 11 is 0. The van der Waals surface area contributed by atoms with Crippen molar-refractivity contribution in [3.63, 3.8) is 0 Å². The summed E-state index contributed by atoms with van der Waals surface area (Å²) in [6.07, 6.45) is 14.7. The van der Waals surface area contributed by atoms with E-state index >= 15 is 0 Å². The first-order valence-corrected chi connectivity index (χ1v) is 8.62. The Balaban J connectivity index is 3.71. The van der Waals surface area contributed by atoms with E-state index in [-0.39, 0.29) is 0 Å². The van der Waals surface area contributed by atoms with Gasteiger partial charge in [0.25, 0.3) is 0 Å². The van der Waals surface area contributed by atoms with Gasteiger partial charge in [0.1, 0.15) is 0 Å². The number of ether oxygens (including phenoxy) is 1. The van der Waals surface area contributed by atoms with Crippen molar-refractivity contribution in [3.8, 4) is 0 Å². The van der Waals surface area contributed by atoms with Gasteiger partial charge in [0.15, 0.2) is 0 Å². The van der Waals surface area contributed by atoms with Crippen molar-refractivity contribution >= 4 is 6.09 Å². The number of carbonyl (C=O) groups excluding carboxylic acids is 1. The second-order valence-electron chi connectivity index (χ2n) is 5.90. The molecule has 1 unspecified atom stereocenters. The Morgan fingerprint density at radius 2 is 1.30 bits per heavy atom. The molecule has 0 heterocycles. The van der Waals surface area contributed by atoms with E-state index in [1.165, 1.54) is 77.0 Å². The van der Waals surface area contributed by atoms with E-state index in [1.54, 1.807) is 0 Å². The highest BCUT2D eigenvalue weighted by atomic mass is 16.5. The number of unbranched alkanes of at least 4 members (excludes halogenated alkanes) is 8. The topological polar surface area (TPSA) is 52.3 Å². The summed E-state index contributed by atoms with van der Waals surface area (Å²) in [6.45, 7) is 4.98. The summed E-state index contributed by atoms with van der Waals surface area (Å²) in [4.78, 5) is 10.7. The molecule has 0 aromatic heterocycles. The standard InChI is InChI=1S/C17H35NO2/c1-3-5-7-9-10-12-14-16(15-20-17(18)19)13-11-8-6-4-2/h16H,3-15H2,1-2H3,(H2,18,19). The lowest BCUT2D eigenvalue weighted by molar-refractivity contribution is 0.129. The zero-order valence-corrected chi connectivity index (χ0v) is 13.7. The number of nitrogens with two attached hydrogens (primary N) is 1. The van der Waals surface area contributed by atoms with Gasteiger partial charge in [-0.25, -0.2) is 4.79 Å². The van der Waals surface area contributed by atoms with E-state index in [1.807, 2.05) is 0 Å². The average molecular weight is 285 g/mol. The van der Waals surface area contributed by atoms with Crippen LogP contribution in [0.3, 0.4) is 0 Å². The first-order chi connectivity index (χ1) is 9.70. The number of carbonyl (C=O) groups is 1. The molecule has 0 radical (unpaired) electrons. The Hall–Kier alpha value is -0.730. The fraction of sp³-hybridized carbons (Fsp3) is 0.941. The number of hydrogen-bond donors (Lipinski definition) is 1. The predicted molar refractivity (Wildman–Crippen MR) is 85.8 cm³/mol. The van der Waals surface area contributed by atoms with E-state index < -0.39 is 6.09 Å². The van der Waals surface area contributed by atoms with Crippen LogP contribution in [0.2, 0.25) is 0 Å². The molecule has 0 aromatic carbocycles. The maximum absolute atomic E-state index is 10.7. The second-order valence-corrected chi connectivity index (χ2v) is 5.90. The fourth-order valence-corrected chi connectivity index (χ4v) is 2.58. The smallest absolute Gasteiger partial charge is 0.404 e. The van der Waals surface area contributed by atoms with Crippen LogP contribution in [0, 0.1) is 5.92 Å². The van der Waals surface area contributed by atoms with Gasteiger partial charge in [-0.05, 0) is 18.8 Å². The van der Waals surface area contributed by atoms with Crippen molar-refractivity contribution in [3.05, 3.63) is 0 Å². The average Bonchev–Trinajstić information content (AvgIpc) is 2.43. The number of amides is 1. The molecular weight excluding hydrogens is 250 g/mol. The Bertz CT molecular complexity index is 219. The lowest BCUT2D eigenvalue weighted by Gasteiger charge is -2.16. The maximum atomic E-state index is 10.7. The second kappa shape index (κ2) is 14.7.